The van der Waals surface area contributed by atoms with Gasteiger partial charge in [-0.2, -0.15) is 0 Å². The minimum absolute atomic E-state index is 0.0901. The number of carbonyl (C=O) groups is 2. The van der Waals surface area contributed by atoms with E-state index in [1.54, 1.807) is 42.3 Å². The Hall–Kier alpha value is -1.85. The van der Waals surface area contributed by atoms with Crippen LogP contribution in [0.15, 0.2) is 35.7 Å². The first-order chi connectivity index (χ1) is 10.4. The highest BCUT2D eigenvalue weighted by Gasteiger charge is 2.17. The zero-order valence-electron chi connectivity index (χ0n) is 12.6. The summed E-state index contributed by atoms with van der Waals surface area (Å²) >= 11 is 7.46. The van der Waals surface area contributed by atoms with Gasteiger partial charge in [-0.05, 0) is 43.5 Å². The molecule has 0 spiro atoms. The van der Waals surface area contributed by atoms with Crippen LogP contribution in [0.5, 0.6) is 0 Å². The van der Waals surface area contributed by atoms with Gasteiger partial charge in [-0.15, -0.1) is 11.3 Å². The van der Waals surface area contributed by atoms with Gasteiger partial charge in [0, 0.05) is 18.7 Å². The summed E-state index contributed by atoms with van der Waals surface area (Å²) in [5, 5.41) is 4.97. The van der Waals surface area contributed by atoms with Crippen molar-refractivity contribution in [3.05, 3.63) is 51.2 Å². The van der Waals surface area contributed by atoms with Crippen LogP contribution in [0, 0.1) is 0 Å². The first-order valence-electron chi connectivity index (χ1n) is 6.81. The molecule has 0 aliphatic carbocycles. The van der Waals surface area contributed by atoms with E-state index in [4.69, 9.17) is 11.6 Å². The summed E-state index contributed by atoms with van der Waals surface area (Å²) in [6, 6.07) is 8.51. The van der Waals surface area contributed by atoms with E-state index in [9.17, 15) is 9.59 Å². The zero-order valence-corrected chi connectivity index (χ0v) is 14.2. The number of anilines is 1. The maximum atomic E-state index is 12.3. The number of hydrogen-bond donors (Lipinski definition) is 1. The van der Waals surface area contributed by atoms with Gasteiger partial charge in [-0.1, -0.05) is 17.7 Å². The minimum atomic E-state index is -0.237. The molecule has 0 saturated heterocycles. The van der Waals surface area contributed by atoms with E-state index in [0.29, 0.717) is 21.2 Å². The lowest BCUT2D eigenvalue weighted by atomic mass is 10.1. The van der Waals surface area contributed by atoms with Crippen LogP contribution in [-0.4, -0.2) is 29.8 Å². The molecular formula is C16H17ClN2O2S. The number of hydrogen-bond acceptors (Lipinski definition) is 3. The number of thiophene rings is 1. The van der Waals surface area contributed by atoms with Gasteiger partial charge in [0.1, 0.15) is 0 Å². The quantitative estimate of drug-likeness (QED) is 0.912. The number of carbonyl (C=O) groups excluding carboxylic acids is 2. The van der Waals surface area contributed by atoms with Crippen LogP contribution in [0.2, 0.25) is 5.02 Å². The van der Waals surface area contributed by atoms with E-state index in [0.717, 1.165) is 0 Å². The molecule has 1 N–H and O–H groups in total. The molecule has 1 heterocycles. The molecule has 2 aromatic rings. The smallest absolute Gasteiger partial charge is 0.265 e. The molecule has 4 nitrogen and oxygen atoms in total. The molecule has 1 aromatic heterocycles. The molecule has 2 amide bonds. The van der Waals surface area contributed by atoms with Crippen LogP contribution in [-0.2, 0) is 0 Å². The average Bonchev–Trinajstić information content (AvgIpc) is 3.02. The predicted octanol–water partition coefficient (Wildman–Crippen LogP) is 4.13. The largest absolute Gasteiger partial charge is 0.339 e. The van der Waals surface area contributed by atoms with Crippen molar-refractivity contribution in [2.75, 3.05) is 12.4 Å². The lowest BCUT2D eigenvalue weighted by Gasteiger charge is -2.21. The Morgan fingerprint density at radius 2 is 2.00 bits per heavy atom. The second-order valence-corrected chi connectivity index (χ2v) is 6.49. The van der Waals surface area contributed by atoms with Crippen LogP contribution in [0.4, 0.5) is 5.69 Å². The second kappa shape index (κ2) is 6.94. The fourth-order valence-electron chi connectivity index (χ4n) is 1.78. The Morgan fingerprint density at radius 1 is 1.27 bits per heavy atom. The van der Waals surface area contributed by atoms with Crippen LogP contribution in [0.25, 0.3) is 0 Å². The molecule has 2 rings (SSSR count). The first-order valence-corrected chi connectivity index (χ1v) is 8.07. The molecule has 0 unspecified atom stereocenters. The Balaban J connectivity index is 2.24. The standard InChI is InChI=1S/C16H17ClN2O2S/c1-10(2)19(3)16(21)11-6-7-12(17)13(9-11)18-15(20)14-5-4-8-22-14/h4-10H,1-3H3,(H,18,20). The maximum absolute atomic E-state index is 12.3. The van der Waals surface area contributed by atoms with E-state index in [1.807, 2.05) is 19.2 Å². The van der Waals surface area contributed by atoms with Gasteiger partial charge in [0.15, 0.2) is 0 Å². The highest BCUT2D eigenvalue weighted by molar-refractivity contribution is 7.12. The van der Waals surface area contributed by atoms with Gasteiger partial charge < -0.3 is 10.2 Å². The van der Waals surface area contributed by atoms with Gasteiger partial charge in [0.25, 0.3) is 11.8 Å². The summed E-state index contributed by atoms with van der Waals surface area (Å²) in [5.74, 6) is -0.350. The summed E-state index contributed by atoms with van der Waals surface area (Å²) in [6.45, 7) is 3.88. The first kappa shape index (κ1) is 16.5. The maximum Gasteiger partial charge on any atom is 0.265 e. The van der Waals surface area contributed by atoms with Crippen molar-refractivity contribution in [3.63, 3.8) is 0 Å². The predicted molar refractivity (Wildman–Crippen MR) is 91.0 cm³/mol. The minimum Gasteiger partial charge on any atom is -0.339 e. The third kappa shape index (κ3) is 3.67. The van der Waals surface area contributed by atoms with E-state index in [-0.39, 0.29) is 17.9 Å². The van der Waals surface area contributed by atoms with Gasteiger partial charge in [-0.25, -0.2) is 0 Å². The fourth-order valence-corrected chi connectivity index (χ4v) is 2.57. The number of halogens is 1. The van der Waals surface area contributed by atoms with Gasteiger partial charge in [-0.3, -0.25) is 9.59 Å². The molecule has 0 atom stereocenters. The molecular weight excluding hydrogens is 320 g/mol. The topological polar surface area (TPSA) is 49.4 Å². The summed E-state index contributed by atoms with van der Waals surface area (Å²) in [5.41, 5.74) is 0.921. The van der Waals surface area contributed by atoms with Gasteiger partial charge in [0.2, 0.25) is 0 Å². The molecule has 0 radical (unpaired) electrons. The number of amides is 2. The number of benzene rings is 1. The average molecular weight is 337 g/mol. The third-order valence-corrected chi connectivity index (χ3v) is 4.50. The van der Waals surface area contributed by atoms with Crippen molar-refractivity contribution in [1.82, 2.24) is 4.90 Å². The third-order valence-electron chi connectivity index (χ3n) is 3.30. The van der Waals surface area contributed by atoms with Crippen molar-refractivity contribution < 1.29 is 9.59 Å². The lowest BCUT2D eigenvalue weighted by Crippen LogP contribution is -2.33. The zero-order chi connectivity index (χ0) is 16.3. The monoisotopic (exact) mass is 336 g/mol. The number of nitrogens with one attached hydrogen (secondary N) is 1. The van der Waals surface area contributed by atoms with Crippen LogP contribution in [0.3, 0.4) is 0 Å². The normalized spacial score (nSPS) is 10.6. The van der Waals surface area contributed by atoms with Crippen LogP contribution in [0.1, 0.15) is 33.9 Å². The van der Waals surface area contributed by atoms with Crippen molar-refractivity contribution in [2.45, 2.75) is 19.9 Å². The Morgan fingerprint density at radius 3 is 2.59 bits per heavy atom. The van der Waals surface area contributed by atoms with Crippen molar-refractivity contribution >= 4 is 40.4 Å². The van der Waals surface area contributed by atoms with Crippen molar-refractivity contribution in [3.8, 4) is 0 Å². The van der Waals surface area contributed by atoms with Gasteiger partial charge >= 0.3 is 0 Å². The molecule has 0 fully saturated rings. The fraction of sp³-hybridized carbons (Fsp3) is 0.250. The molecule has 0 saturated carbocycles. The van der Waals surface area contributed by atoms with E-state index in [1.165, 1.54) is 11.3 Å². The summed E-state index contributed by atoms with van der Waals surface area (Å²) in [7, 11) is 1.74. The van der Waals surface area contributed by atoms with Crippen molar-refractivity contribution in [1.29, 1.82) is 0 Å². The lowest BCUT2D eigenvalue weighted by molar-refractivity contribution is 0.0754. The summed E-state index contributed by atoms with van der Waals surface area (Å²) < 4.78 is 0. The highest BCUT2D eigenvalue weighted by atomic mass is 35.5. The Labute approximate surface area is 138 Å². The molecule has 116 valence electrons. The SMILES string of the molecule is CC(C)N(C)C(=O)c1ccc(Cl)c(NC(=O)c2cccs2)c1. The van der Waals surface area contributed by atoms with Gasteiger partial charge in [0.05, 0.1) is 15.6 Å². The number of nitrogens with zero attached hydrogens (tertiary/aromatic N) is 1. The highest BCUT2D eigenvalue weighted by Crippen LogP contribution is 2.25. The molecule has 1 aromatic carbocycles. The molecule has 6 heteroatoms. The Bertz CT molecular complexity index is 683. The van der Waals surface area contributed by atoms with Crippen molar-refractivity contribution in [2.24, 2.45) is 0 Å². The van der Waals surface area contributed by atoms with E-state index >= 15 is 0 Å². The summed E-state index contributed by atoms with van der Waals surface area (Å²) in [4.78, 5) is 26.7. The molecule has 0 aliphatic heterocycles. The van der Waals surface area contributed by atoms with E-state index in [2.05, 4.69) is 5.32 Å². The molecule has 0 aliphatic rings. The molecule has 22 heavy (non-hydrogen) atoms. The second-order valence-electron chi connectivity index (χ2n) is 5.14. The van der Waals surface area contributed by atoms with E-state index < -0.39 is 0 Å². The Kier molecular flexibility index (Phi) is 5.21. The van der Waals surface area contributed by atoms with Crippen LogP contribution >= 0.6 is 22.9 Å². The van der Waals surface area contributed by atoms with Crippen LogP contribution < -0.4 is 5.32 Å². The summed E-state index contributed by atoms with van der Waals surface area (Å²) in [6.07, 6.45) is 0. The number of rotatable bonds is 4. The molecule has 0 bridgehead atoms.